The van der Waals surface area contributed by atoms with Crippen molar-refractivity contribution in [2.45, 2.75) is 44.4 Å². The molecule has 1 heterocycles. The van der Waals surface area contributed by atoms with Gasteiger partial charge in [-0.3, -0.25) is 4.79 Å². The van der Waals surface area contributed by atoms with Crippen molar-refractivity contribution in [3.05, 3.63) is 24.3 Å². The highest BCUT2D eigenvalue weighted by Crippen LogP contribution is 2.29. The van der Waals surface area contributed by atoms with E-state index in [-0.39, 0.29) is 5.91 Å². The third-order valence-electron chi connectivity index (χ3n) is 4.65. The fourth-order valence-corrected chi connectivity index (χ4v) is 3.72. The van der Waals surface area contributed by atoms with Crippen LogP contribution in [0.5, 0.6) is 0 Å². The number of carbonyl (C=O) groups is 1. The Hall–Kier alpha value is -1.49. The highest BCUT2D eigenvalue weighted by molar-refractivity contribution is 7.99. The van der Waals surface area contributed by atoms with Crippen LogP contribution in [-0.2, 0) is 4.79 Å². The largest absolute Gasteiger partial charge is 0.431 e. The molecule has 1 saturated carbocycles. The second-order valence-electron chi connectivity index (χ2n) is 6.18. The van der Waals surface area contributed by atoms with Gasteiger partial charge in [0.1, 0.15) is 5.52 Å². The number of rotatable bonds is 4. The van der Waals surface area contributed by atoms with Gasteiger partial charge in [0.25, 0.3) is 5.22 Å². The van der Waals surface area contributed by atoms with Crippen LogP contribution in [0.3, 0.4) is 0 Å². The van der Waals surface area contributed by atoms with E-state index >= 15 is 0 Å². The predicted octanol–water partition coefficient (Wildman–Crippen LogP) is 3.86. The van der Waals surface area contributed by atoms with Crippen LogP contribution in [0.25, 0.3) is 11.1 Å². The topological polar surface area (TPSA) is 55.1 Å². The van der Waals surface area contributed by atoms with Crippen LogP contribution in [0.2, 0.25) is 0 Å². The molecule has 0 aliphatic heterocycles. The average molecular weight is 318 g/mol. The molecule has 1 aromatic heterocycles. The number of thioether (sulfide) groups is 1. The SMILES string of the molecule is C[C@@H]1[C@H](C)CCC[C@H]1NC(=O)CSc1nc2ccccc2o1. The second-order valence-corrected chi connectivity index (χ2v) is 7.10. The van der Waals surface area contributed by atoms with Gasteiger partial charge in [-0.15, -0.1) is 0 Å². The smallest absolute Gasteiger partial charge is 0.257 e. The Kier molecular flexibility index (Phi) is 4.71. The van der Waals surface area contributed by atoms with Gasteiger partial charge in [0.05, 0.1) is 5.75 Å². The molecule has 118 valence electrons. The van der Waals surface area contributed by atoms with E-state index in [9.17, 15) is 4.79 Å². The standard InChI is InChI=1S/C17H22N2O2S/c1-11-6-5-8-13(12(11)2)18-16(20)10-22-17-19-14-7-3-4-9-15(14)21-17/h3-4,7,9,11-13H,5-6,8,10H2,1-2H3,(H,18,20)/t11-,12-,13-/m1/s1. The number of carbonyl (C=O) groups excluding carboxylic acids is 1. The van der Waals surface area contributed by atoms with Crippen molar-refractivity contribution in [3.8, 4) is 0 Å². The zero-order chi connectivity index (χ0) is 15.5. The number of oxazole rings is 1. The fraction of sp³-hybridized carbons (Fsp3) is 0.529. The van der Waals surface area contributed by atoms with Gasteiger partial charge >= 0.3 is 0 Å². The van der Waals surface area contributed by atoms with Gasteiger partial charge in [0.2, 0.25) is 5.91 Å². The minimum atomic E-state index is 0.0678. The zero-order valence-electron chi connectivity index (χ0n) is 13.0. The number of amides is 1. The summed E-state index contributed by atoms with van der Waals surface area (Å²) in [5.41, 5.74) is 1.60. The van der Waals surface area contributed by atoms with E-state index in [1.165, 1.54) is 24.6 Å². The minimum absolute atomic E-state index is 0.0678. The Morgan fingerprint density at radius 1 is 1.36 bits per heavy atom. The summed E-state index contributed by atoms with van der Waals surface area (Å²) in [6.45, 7) is 4.51. The molecule has 0 saturated heterocycles. The highest BCUT2D eigenvalue weighted by atomic mass is 32.2. The van der Waals surface area contributed by atoms with Crippen LogP contribution in [0.15, 0.2) is 33.9 Å². The molecular weight excluding hydrogens is 296 g/mol. The normalized spacial score (nSPS) is 25.3. The number of para-hydroxylation sites is 2. The van der Waals surface area contributed by atoms with Gasteiger partial charge in [-0.25, -0.2) is 4.98 Å². The number of benzene rings is 1. The molecule has 3 atom stereocenters. The number of nitrogens with one attached hydrogen (secondary N) is 1. The molecule has 1 aromatic carbocycles. The lowest BCUT2D eigenvalue weighted by Crippen LogP contribution is -2.44. The molecule has 2 aromatic rings. The maximum atomic E-state index is 12.2. The number of aromatic nitrogens is 1. The summed E-state index contributed by atoms with van der Waals surface area (Å²) in [5.74, 6) is 1.65. The highest BCUT2D eigenvalue weighted by Gasteiger charge is 2.28. The van der Waals surface area contributed by atoms with E-state index in [0.717, 1.165) is 17.5 Å². The van der Waals surface area contributed by atoms with Crippen molar-refractivity contribution in [1.82, 2.24) is 10.3 Å². The molecule has 1 aliphatic carbocycles. The van der Waals surface area contributed by atoms with E-state index in [4.69, 9.17) is 4.42 Å². The predicted molar refractivity (Wildman–Crippen MR) is 88.8 cm³/mol. The Bertz CT molecular complexity index is 622. The molecule has 0 radical (unpaired) electrons. The van der Waals surface area contributed by atoms with E-state index in [1.807, 2.05) is 24.3 Å². The van der Waals surface area contributed by atoms with Crippen molar-refractivity contribution >= 4 is 28.8 Å². The summed E-state index contributed by atoms with van der Waals surface area (Å²) < 4.78 is 5.62. The van der Waals surface area contributed by atoms with Crippen LogP contribution in [0, 0.1) is 11.8 Å². The Morgan fingerprint density at radius 2 is 2.18 bits per heavy atom. The van der Waals surface area contributed by atoms with Crippen LogP contribution in [0.1, 0.15) is 33.1 Å². The molecule has 22 heavy (non-hydrogen) atoms. The van der Waals surface area contributed by atoms with Crippen LogP contribution in [0.4, 0.5) is 0 Å². The molecule has 0 unspecified atom stereocenters. The van der Waals surface area contributed by atoms with E-state index in [0.29, 0.717) is 28.9 Å². The van der Waals surface area contributed by atoms with Gasteiger partial charge in [0, 0.05) is 6.04 Å². The number of hydrogen-bond donors (Lipinski definition) is 1. The zero-order valence-corrected chi connectivity index (χ0v) is 13.9. The fourth-order valence-electron chi connectivity index (χ4n) is 3.07. The molecule has 1 fully saturated rings. The van der Waals surface area contributed by atoms with Crippen molar-refractivity contribution < 1.29 is 9.21 Å². The third kappa shape index (κ3) is 3.46. The molecular formula is C17H22N2O2S. The monoisotopic (exact) mass is 318 g/mol. The van der Waals surface area contributed by atoms with Crippen molar-refractivity contribution in [2.24, 2.45) is 11.8 Å². The first-order chi connectivity index (χ1) is 10.6. The van der Waals surface area contributed by atoms with Crippen molar-refractivity contribution in [3.63, 3.8) is 0 Å². The summed E-state index contributed by atoms with van der Waals surface area (Å²) in [6.07, 6.45) is 3.56. The number of hydrogen-bond acceptors (Lipinski definition) is 4. The van der Waals surface area contributed by atoms with Gasteiger partial charge in [0.15, 0.2) is 5.58 Å². The molecule has 4 nitrogen and oxygen atoms in total. The summed E-state index contributed by atoms with van der Waals surface area (Å²) >= 11 is 1.36. The summed E-state index contributed by atoms with van der Waals surface area (Å²) in [7, 11) is 0. The van der Waals surface area contributed by atoms with Crippen LogP contribution >= 0.6 is 11.8 Å². The molecule has 0 bridgehead atoms. The Labute approximate surface area is 135 Å². The third-order valence-corrected chi connectivity index (χ3v) is 5.48. The lowest BCUT2D eigenvalue weighted by atomic mass is 9.78. The van der Waals surface area contributed by atoms with Gasteiger partial charge in [-0.1, -0.05) is 50.6 Å². The molecule has 1 amide bonds. The quantitative estimate of drug-likeness (QED) is 0.870. The molecule has 5 heteroatoms. The van der Waals surface area contributed by atoms with E-state index < -0.39 is 0 Å². The van der Waals surface area contributed by atoms with E-state index in [1.54, 1.807) is 0 Å². The lowest BCUT2D eigenvalue weighted by molar-refractivity contribution is -0.120. The molecule has 0 spiro atoms. The maximum absolute atomic E-state index is 12.2. The summed E-state index contributed by atoms with van der Waals surface area (Å²) in [6, 6.07) is 7.95. The van der Waals surface area contributed by atoms with Crippen molar-refractivity contribution in [1.29, 1.82) is 0 Å². The van der Waals surface area contributed by atoms with Gasteiger partial charge in [-0.05, 0) is 30.4 Å². The van der Waals surface area contributed by atoms with Crippen LogP contribution < -0.4 is 5.32 Å². The van der Waals surface area contributed by atoms with Crippen molar-refractivity contribution in [2.75, 3.05) is 5.75 Å². The minimum Gasteiger partial charge on any atom is -0.431 e. The molecule has 1 N–H and O–H groups in total. The maximum Gasteiger partial charge on any atom is 0.257 e. The number of nitrogens with zero attached hydrogens (tertiary/aromatic N) is 1. The van der Waals surface area contributed by atoms with Gasteiger partial charge < -0.3 is 9.73 Å². The number of fused-ring (bicyclic) bond motifs is 1. The average Bonchev–Trinajstić information content (AvgIpc) is 2.93. The van der Waals surface area contributed by atoms with E-state index in [2.05, 4.69) is 24.1 Å². The Balaban J connectivity index is 1.53. The van der Waals surface area contributed by atoms with Gasteiger partial charge in [-0.2, -0.15) is 0 Å². The Morgan fingerprint density at radius 3 is 3.00 bits per heavy atom. The first kappa shape index (κ1) is 15.4. The summed E-state index contributed by atoms with van der Waals surface area (Å²) in [5, 5.41) is 3.73. The first-order valence-electron chi connectivity index (χ1n) is 7.91. The lowest BCUT2D eigenvalue weighted by Gasteiger charge is -2.34. The molecule has 1 aliphatic rings. The first-order valence-corrected chi connectivity index (χ1v) is 8.90. The van der Waals surface area contributed by atoms with Crippen LogP contribution in [-0.4, -0.2) is 22.7 Å². The second kappa shape index (κ2) is 6.73. The summed E-state index contributed by atoms with van der Waals surface area (Å²) in [4.78, 5) is 16.5. The molecule has 3 rings (SSSR count).